The largest absolute Gasteiger partial charge is 0.352 e. The molecule has 0 aromatic carbocycles. The van der Waals surface area contributed by atoms with Gasteiger partial charge in [0.1, 0.15) is 0 Å². The maximum absolute atomic E-state index is 11.5. The van der Waals surface area contributed by atoms with E-state index in [4.69, 9.17) is 5.73 Å². The lowest BCUT2D eigenvalue weighted by molar-refractivity contribution is -0.121. The van der Waals surface area contributed by atoms with E-state index in [-0.39, 0.29) is 11.9 Å². The van der Waals surface area contributed by atoms with E-state index in [1.165, 1.54) is 51.4 Å². The minimum Gasteiger partial charge on any atom is -0.352 e. The number of carbonyl (C=O) groups excluding carboxylic acids is 1. The van der Waals surface area contributed by atoms with Crippen molar-refractivity contribution >= 4 is 5.91 Å². The fourth-order valence-corrected chi connectivity index (χ4v) is 2.00. The molecule has 0 saturated carbocycles. The smallest absolute Gasteiger partial charge is 0.220 e. The molecule has 0 rings (SSSR count). The standard InChI is InChI=1S/C15H32N2O/c1-3-4-5-6-7-8-9-10-11-12-15(18)17-14(2)13-16/h14H,3-13,16H2,1-2H3,(H,17,18)/t14-/m1/s1. The minimum atomic E-state index is 0.107. The summed E-state index contributed by atoms with van der Waals surface area (Å²) >= 11 is 0. The van der Waals surface area contributed by atoms with Gasteiger partial charge in [-0.05, 0) is 13.3 Å². The average Bonchev–Trinajstić information content (AvgIpc) is 2.36. The summed E-state index contributed by atoms with van der Waals surface area (Å²) in [5.74, 6) is 0.149. The Bertz CT molecular complexity index is 195. The van der Waals surface area contributed by atoms with Crippen LogP contribution >= 0.6 is 0 Å². The van der Waals surface area contributed by atoms with Gasteiger partial charge in [-0.3, -0.25) is 4.79 Å². The van der Waals surface area contributed by atoms with Crippen molar-refractivity contribution in [2.45, 2.75) is 84.1 Å². The second-order valence-electron chi connectivity index (χ2n) is 5.28. The van der Waals surface area contributed by atoms with E-state index in [2.05, 4.69) is 12.2 Å². The highest BCUT2D eigenvalue weighted by Gasteiger charge is 2.04. The summed E-state index contributed by atoms with van der Waals surface area (Å²) in [5.41, 5.74) is 5.45. The van der Waals surface area contributed by atoms with Gasteiger partial charge in [0, 0.05) is 19.0 Å². The van der Waals surface area contributed by atoms with E-state index >= 15 is 0 Å². The third-order valence-corrected chi connectivity index (χ3v) is 3.27. The molecule has 0 aromatic rings. The van der Waals surface area contributed by atoms with Crippen molar-refractivity contribution in [3.63, 3.8) is 0 Å². The Kier molecular flexibility index (Phi) is 12.5. The van der Waals surface area contributed by atoms with Crippen LogP contribution in [0, 0.1) is 0 Å². The van der Waals surface area contributed by atoms with Crippen molar-refractivity contribution in [2.24, 2.45) is 5.73 Å². The van der Waals surface area contributed by atoms with E-state index in [0.717, 1.165) is 6.42 Å². The van der Waals surface area contributed by atoms with Gasteiger partial charge in [0.25, 0.3) is 0 Å². The molecule has 0 aliphatic heterocycles. The first-order valence-corrected chi connectivity index (χ1v) is 7.70. The van der Waals surface area contributed by atoms with Gasteiger partial charge in [-0.25, -0.2) is 0 Å². The molecule has 3 nitrogen and oxygen atoms in total. The van der Waals surface area contributed by atoms with Crippen LogP contribution in [0.15, 0.2) is 0 Å². The zero-order chi connectivity index (χ0) is 13.6. The van der Waals surface area contributed by atoms with Crippen LogP contribution in [0.1, 0.15) is 78.1 Å². The molecule has 0 spiro atoms. The minimum absolute atomic E-state index is 0.107. The Morgan fingerprint density at radius 1 is 1.00 bits per heavy atom. The SMILES string of the molecule is CCCCCCCCCCCC(=O)N[C@H](C)CN. The number of unbranched alkanes of at least 4 members (excludes halogenated alkanes) is 8. The molecule has 1 amide bonds. The van der Waals surface area contributed by atoms with Crippen molar-refractivity contribution in [3.8, 4) is 0 Å². The highest BCUT2D eigenvalue weighted by Crippen LogP contribution is 2.10. The molecule has 3 N–H and O–H groups in total. The number of hydrogen-bond acceptors (Lipinski definition) is 2. The van der Waals surface area contributed by atoms with Gasteiger partial charge < -0.3 is 11.1 Å². The first-order chi connectivity index (χ1) is 8.70. The summed E-state index contributed by atoms with van der Waals surface area (Å²) in [4.78, 5) is 11.5. The molecule has 0 bridgehead atoms. The first-order valence-electron chi connectivity index (χ1n) is 7.70. The zero-order valence-electron chi connectivity index (χ0n) is 12.3. The van der Waals surface area contributed by atoms with Crippen molar-refractivity contribution in [3.05, 3.63) is 0 Å². The highest BCUT2D eigenvalue weighted by atomic mass is 16.1. The van der Waals surface area contributed by atoms with Gasteiger partial charge >= 0.3 is 0 Å². The van der Waals surface area contributed by atoms with E-state index in [1.54, 1.807) is 0 Å². The second-order valence-corrected chi connectivity index (χ2v) is 5.28. The van der Waals surface area contributed by atoms with Crippen LogP contribution in [-0.4, -0.2) is 18.5 Å². The predicted octanol–water partition coefficient (Wildman–Crippen LogP) is 3.37. The first kappa shape index (κ1) is 17.4. The van der Waals surface area contributed by atoms with Crippen LogP contribution in [0.2, 0.25) is 0 Å². The summed E-state index contributed by atoms with van der Waals surface area (Å²) in [6.07, 6.45) is 12.2. The van der Waals surface area contributed by atoms with Crippen LogP contribution < -0.4 is 11.1 Å². The lowest BCUT2D eigenvalue weighted by atomic mass is 10.1. The number of carbonyl (C=O) groups is 1. The Balaban J connectivity index is 3.17. The maximum Gasteiger partial charge on any atom is 0.220 e. The van der Waals surface area contributed by atoms with Crippen LogP contribution in [0.5, 0.6) is 0 Å². The maximum atomic E-state index is 11.5. The van der Waals surface area contributed by atoms with Crippen LogP contribution in [0.25, 0.3) is 0 Å². The summed E-state index contributed by atoms with van der Waals surface area (Å²) in [6.45, 7) is 4.70. The molecule has 1 atom stereocenters. The van der Waals surface area contributed by atoms with Gasteiger partial charge in [0.05, 0.1) is 0 Å². The summed E-state index contributed by atoms with van der Waals surface area (Å²) < 4.78 is 0. The Morgan fingerprint density at radius 2 is 1.50 bits per heavy atom. The zero-order valence-corrected chi connectivity index (χ0v) is 12.3. The second kappa shape index (κ2) is 12.9. The Hall–Kier alpha value is -0.570. The number of hydrogen-bond donors (Lipinski definition) is 2. The topological polar surface area (TPSA) is 55.1 Å². The van der Waals surface area contributed by atoms with Gasteiger partial charge in [-0.15, -0.1) is 0 Å². The number of nitrogens with two attached hydrogens (primary N) is 1. The van der Waals surface area contributed by atoms with Crippen molar-refractivity contribution in [1.29, 1.82) is 0 Å². The van der Waals surface area contributed by atoms with Crippen LogP contribution in [0.4, 0.5) is 0 Å². The molecule has 18 heavy (non-hydrogen) atoms. The van der Waals surface area contributed by atoms with Gasteiger partial charge in [0.15, 0.2) is 0 Å². The van der Waals surface area contributed by atoms with Gasteiger partial charge in [-0.2, -0.15) is 0 Å². The average molecular weight is 256 g/mol. The third kappa shape index (κ3) is 11.9. The highest BCUT2D eigenvalue weighted by molar-refractivity contribution is 5.76. The molecule has 0 unspecified atom stereocenters. The Labute approximate surface area is 113 Å². The van der Waals surface area contributed by atoms with Crippen molar-refractivity contribution in [1.82, 2.24) is 5.32 Å². The molecule has 0 heterocycles. The molecule has 0 radical (unpaired) electrons. The quantitative estimate of drug-likeness (QED) is 0.526. The molecule has 108 valence electrons. The molecule has 0 aliphatic carbocycles. The van der Waals surface area contributed by atoms with E-state index in [9.17, 15) is 4.79 Å². The number of rotatable bonds is 12. The number of nitrogens with one attached hydrogen (secondary N) is 1. The van der Waals surface area contributed by atoms with Crippen LogP contribution in [-0.2, 0) is 4.79 Å². The molecule has 0 aliphatic rings. The normalized spacial score (nSPS) is 12.4. The molecular weight excluding hydrogens is 224 g/mol. The lowest BCUT2D eigenvalue weighted by Crippen LogP contribution is -2.37. The molecule has 0 saturated heterocycles. The fraction of sp³-hybridized carbons (Fsp3) is 0.933. The van der Waals surface area contributed by atoms with Gasteiger partial charge in [-0.1, -0.05) is 58.3 Å². The fourth-order valence-electron chi connectivity index (χ4n) is 2.00. The number of amides is 1. The molecule has 0 fully saturated rings. The molecular formula is C15H32N2O. The molecule has 3 heteroatoms. The summed E-state index contributed by atoms with van der Waals surface area (Å²) in [5, 5.41) is 2.89. The molecule has 0 aromatic heterocycles. The van der Waals surface area contributed by atoms with E-state index in [0.29, 0.717) is 13.0 Å². The lowest BCUT2D eigenvalue weighted by Gasteiger charge is -2.10. The predicted molar refractivity (Wildman–Crippen MR) is 78.5 cm³/mol. The van der Waals surface area contributed by atoms with Crippen molar-refractivity contribution in [2.75, 3.05) is 6.54 Å². The summed E-state index contributed by atoms with van der Waals surface area (Å²) in [6, 6.07) is 0.107. The third-order valence-electron chi connectivity index (χ3n) is 3.27. The monoisotopic (exact) mass is 256 g/mol. The summed E-state index contributed by atoms with van der Waals surface area (Å²) in [7, 11) is 0. The van der Waals surface area contributed by atoms with E-state index < -0.39 is 0 Å². The van der Waals surface area contributed by atoms with Crippen molar-refractivity contribution < 1.29 is 4.79 Å². The van der Waals surface area contributed by atoms with Gasteiger partial charge in [0.2, 0.25) is 5.91 Å². The van der Waals surface area contributed by atoms with E-state index in [1.807, 2.05) is 6.92 Å². The Morgan fingerprint density at radius 3 is 2.00 bits per heavy atom. The van der Waals surface area contributed by atoms with Crippen LogP contribution in [0.3, 0.4) is 0 Å².